The maximum absolute atomic E-state index is 5.18. The van der Waals surface area contributed by atoms with E-state index in [0.717, 1.165) is 0 Å². The summed E-state index contributed by atoms with van der Waals surface area (Å²) in [5, 5.41) is 4.58. The van der Waals surface area contributed by atoms with E-state index in [0.29, 0.717) is 5.11 Å². The largest absolute Gasteiger partial charge is 0.365 e. The first-order chi connectivity index (χ1) is 4.59. The van der Waals surface area contributed by atoms with Gasteiger partial charge in [-0.25, -0.2) is 5.84 Å². The second-order valence-electron chi connectivity index (χ2n) is 1.87. The molecule has 0 heterocycles. The fourth-order valence-electron chi connectivity index (χ4n) is 0.176. The molecule has 0 aliphatic rings. The molecule has 0 amide bonds. The maximum atomic E-state index is 5.18. The summed E-state index contributed by atoms with van der Waals surface area (Å²) in [6.07, 6.45) is 1.25. The lowest BCUT2D eigenvalue weighted by Gasteiger charge is -2.10. The number of nitrogens with one attached hydrogen (secondary N) is 1. The topological polar surface area (TPSA) is 41.3 Å². The van der Waals surface area contributed by atoms with Crippen molar-refractivity contribution >= 4 is 17.3 Å². The summed E-state index contributed by atoms with van der Waals surface area (Å²) in [6, 6.07) is 0. The van der Waals surface area contributed by atoms with E-state index in [1.54, 1.807) is 14.1 Å². The van der Waals surface area contributed by atoms with Crippen LogP contribution in [-0.4, -0.2) is 24.2 Å². The molecule has 0 fully saturated rings. The molecular formula is C6H17N3S. The first kappa shape index (κ1) is 12.3. The third-order valence-corrected chi connectivity index (χ3v) is 1.03. The zero-order valence-corrected chi connectivity index (χ0v) is 7.96. The predicted octanol–water partition coefficient (Wildman–Crippen LogP) is 0.713. The first-order valence-corrected chi connectivity index (χ1v) is 3.71. The summed E-state index contributed by atoms with van der Waals surface area (Å²) in [5.41, 5.74) is 0. The molecule has 0 aromatic rings. The van der Waals surface area contributed by atoms with Gasteiger partial charge in [0.05, 0.1) is 0 Å². The Hall–Kier alpha value is -0.350. The van der Waals surface area contributed by atoms with Gasteiger partial charge < -0.3 is 5.32 Å². The van der Waals surface area contributed by atoms with E-state index in [1.807, 2.05) is 0 Å². The Bertz CT molecular complexity index is 83.1. The lowest BCUT2D eigenvalue weighted by Crippen LogP contribution is -2.39. The van der Waals surface area contributed by atoms with Crippen molar-refractivity contribution in [2.24, 2.45) is 5.84 Å². The quantitative estimate of drug-likeness (QED) is 0.313. The third kappa shape index (κ3) is 10.6. The van der Waals surface area contributed by atoms with Gasteiger partial charge in [-0.05, 0) is 12.2 Å². The van der Waals surface area contributed by atoms with Crippen molar-refractivity contribution in [1.29, 1.82) is 0 Å². The summed E-state index contributed by atoms with van der Waals surface area (Å²) in [5.74, 6) is 5.18. The molecule has 0 rings (SSSR count). The number of thiocarbonyl (C=S) groups is 1. The Morgan fingerprint density at radius 3 is 1.90 bits per heavy atom. The van der Waals surface area contributed by atoms with Crippen molar-refractivity contribution in [3.8, 4) is 0 Å². The number of rotatable bonds is 0. The second kappa shape index (κ2) is 8.65. The van der Waals surface area contributed by atoms with Crippen molar-refractivity contribution in [1.82, 2.24) is 10.3 Å². The van der Waals surface area contributed by atoms with Gasteiger partial charge in [-0.15, -0.1) is 0 Å². The average Bonchev–Trinajstić information content (AvgIpc) is 1.88. The Morgan fingerprint density at radius 1 is 1.60 bits per heavy atom. The van der Waals surface area contributed by atoms with Gasteiger partial charge in [0.1, 0.15) is 0 Å². The molecular weight excluding hydrogens is 146 g/mol. The van der Waals surface area contributed by atoms with E-state index in [4.69, 9.17) is 5.84 Å². The number of hydrogen-bond acceptors (Lipinski definition) is 2. The predicted molar refractivity (Wildman–Crippen MR) is 49.6 cm³/mol. The van der Waals surface area contributed by atoms with Gasteiger partial charge in [0.2, 0.25) is 0 Å². The van der Waals surface area contributed by atoms with Crippen LogP contribution >= 0.6 is 12.2 Å². The summed E-state index contributed by atoms with van der Waals surface area (Å²) >= 11 is 4.67. The van der Waals surface area contributed by atoms with E-state index < -0.39 is 0 Å². The van der Waals surface area contributed by atoms with Gasteiger partial charge in [-0.2, -0.15) is 0 Å². The average molecular weight is 163 g/mol. The molecule has 0 saturated carbocycles. The summed E-state index contributed by atoms with van der Waals surface area (Å²) in [4.78, 5) is 0. The fourth-order valence-corrected chi connectivity index (χ4v) is 0.176. The molecule has 4 heteroatoms. The number of nitrogens with two attached hydrogens (primary N) is 1. The Morgan fingerprint density at radius 2 is 1.90 bits per heavy atom. The lowest BCUT2D eigenvalue weighted by molar-refractivity contribution is 0.532. The van der Waals surface area contributed by atoms with Crippen molar-refractivity contribution in [3.63, 3.8) is 0 Å². The van der Waals surface area contributed by atoms with Crippen molar-refractivity contribution in [2.75, 3.05) is 14.1 Å². The zero-order chi connectivity index (χ0) is 8.57. The zero-order valence-electron chi connectivity index (χ0n) is 7.14. The third-order valence-electron chi connectivity index (χ3n) is 0.534. The van der Waals surface area contributed by atoms with Crippen LogP contribution < -0.4 is 11.2 Å². The van der Waals surface area contributed by atoms with Crippen molar-refractivity contribution < 1.29 is 0 Å². The van der Waals surface area contributed by atoms with Gasteiger partial charge in [0.15, 0.2) is 5.11 Å². The number of nitrogens with zero attached hydrogens (tertiary/aromatic N) is 1. The van der Waals surface area contributed by atoms with Crippen LogP contribution in [0.5, 0.6) is 0 Å². The number of hydrazine groups is 1. The van der Waals surface area contributed by atoms with Gasteiger partial charge in [0.25, 0.3) is 0 Å². The SMILES string of the molecule is CCC.CNC(=S)N(C)N. The lowest BCUT2D eigenvalue weighted by atomic mass is 10.6. The van der Waals surface area contributed by atoms with Crippen LogP contribution in [0, 0.1) is 0 Å². The van der Waals surface area contributed by atoms with E-state index in [2.05, 4.69) is 31.4 Å². The molecule has 0 aliphatic carbocycles. The molecule has 10 heavy (non-hydrogen) atoms. The van der Waals surface area contributed by atoms with Gasteiger partial charge in [-0.3, -0.25) is 5.01 Å². The highest BCUT2D eigenvalue weighted by molar-refractivity contribution is 7.80. The Balaban J connectivity index is 0. The highest BCUT2D eigenvalue weighted by Gasteiger charge is 1.89. The molecule has 0 spiro atoms. The highest BCUT2D eigenvalue weighted by atomic mass is 32.1. The minimum atomic E-state index is 0.542. The Labute approximate surface area is 68.5 Å². The summed E-state index contributed by atoms with van der Waals surface area (Å²) < 4.78 is 0. The van der Waals surface area contributed by atoms with Crippen LogP contribution in [0.2, 0.25) is 0 Å². The minimum absolute atomic E-state index is 0.542. The van der Waals surface area contributed by atoms with E-state index in [9.17, 15) is 0 Å². The van der Waals surface area contributed by atoms with E-state index in [-0.39, 0.29) is 0 Å². The smallest absolute Gasteiger partial charge is 0.182 e. The molecule has 3 N–H and O–H groups in total. The summed E-state index contributed by atoms with van der Waals surface area (Å²) in [7, 11) is 3.41. The molecule has 0 bridgehead atoms. The molecule has 0 saturated heterocycles. The van der Waals surface area contributed by atoms with Crippen LogP contribution in [0.3, 0.4) is 0 Å². The van der Waals surface area contributed by atoms with Crippen molar-refractivity contribution in [3.05, 3.63) is 0 Å². The molecule has 62 valence electrons. The molecule has 0 aromatic carbocycles. The standard InChI is InChI=1S/C3H9N3S.C3H8/c1-5-3(7)6(2)4;1-3-2/h4H2,1-2H3,(H,5,7);3H2,1-2H3. The van der Waals surface area contributed by atoms with Gasteiger partial charge in [-0.1, -0.05) is 20.3 Å². The van der Waals surface area contributed by atoms with Gasteiger partial charge >= 0.3 is 0 Å². The highest BCUT2D eigenvalue weighted by Crippen LogP contribution is 1.68. The molecule has 0 atom stereocenters. The van der Waals surface area contributed by atoms with Gasteiger partial charge in [0, 0.05) is 14.1 Å². The van der Waals surface area contributed by atoms with Crippen LogP contribution in [-0.2, 0) is 0 Å². The minimum Gasteiger partial charge on any atom is -0.365 e. The maximum Gasteiger partial charge on any atom is 0.182 e. The molecule has 0 unspecified atom stereocenters. The van der Waals surface area contributed by atoms with E-state index >= 15 is 0 Å². The van der Waals surface area contributed by atoms with Crippen LogP contribution in [0.25, 0.3) is 0 Å². The van der Waals surface area contributed by atoms with Crippen LogP contribution in [0.4, 0.5) is 0 Å². The molecule has 0 aliphatic heterocycles. The van der Waals surface area contributed by atoms with Crippen molar-refractivity contribution in [2.45, 2.75) is 20.3 Å². The second-order valence-corrected chi connectivity index (χ2v) is 2.26. The van der Waals surface area contributed by atoms with E-state index in [1.165, 1.54) is 11.4 Å². The van der Waals surface area contributed by atoms with Crippen LogP contribution in [0.15, 0.2) is 0 Å². The fraction of sp³-hybridized carbons (Fsp3) is 0.833. The molecule has 0 aromatic heterocycles. The monoisotopic (exact) mass is 163 g/mol. The molecule has 3 nitrogen and oxygen atoms in total. The molecule has 0 radical (unpaired) electrons. The summed E-state index contributed by atoms with van der Waals surface area (Å²) in [6.45, 7) is 4.25. The number of hydrogen-bond donors (Lipinski definition) is 2. The Kier molecular flexibility index (Phi) is 10.7. The normalized spacial score (nSPS) is 7.30. The van der Waals surface area contributed by atoms with Crippen LogP contribution in [0.1, 0.15) is 20.3 Å². The first-order valence-electron chi connectivity index (χ1n) is 3.30.